The maximum absolute atomic E-state index is 13.1. The van der Waals surface area contributed by atoms with Crippen LogP contribution in [0.1, 0.15) is 24.5 Å². The van der Waals surface area contributed by atoms with Crippen LogP contribution in [-0.2, 0) is 17.4 Å². The summed E-state index contributed by atoms with van der Waals surface area (Å²) in [4.78, 5) is 22.9. The molecular formula is C22H24ClF3N4O. The largest absolute Gasteiger partial charge is 0.417 e. The molecule has 1 amide bonds. The number of benzene rings is 1. The topological polar surface area (TPSA) is 39.7 Å². The van der Waals surface area contributed by atoms with Gasteiger partial charge in [0.25, 0.3) is 0 Å². The summed E-state index contributed by atoms with van der Waals surface area (Å²) in [7, 11) is 0. The van der Waals surface area contributed by atoms with Crippen molar-refractivity contribution in [2.75, 3.05) is 42.5 Å². The number of para-hydroxylation sites is 1. The van der Waals surface area contributed by atoms with Crippen LogP contribution < -0.4 is 9.80 Å². The number of nitrogens with zero attached hydrogens (tertiary/aromatic N) is 4. The first-order valence-corrected chi connectivity index (χ1v) is 10.7. The molecular weight excluding hydrogens is 429 g/mol. The summed E-state index contributed by atoms with van der Waals surface area (Å²) in [6.45, 7) is 4.67. The van der Waals surface area contributed by atoms with Crippen LogP contribution in [-0.4, -0.2) is 54.6 Å². The van der Waals surface area contributed by atoms with Crippen molar-refractivity contribution in [1.29, 1.82) is 0 Å². The van der Waals surface area contributed by atoms with Crippen molar-refractivity contribution in [3.05, 3.63) is 52.7 Å². The van der Waals surface area contributed by atoms with E-state index in [4.69, 9.17) is 11.6 Å². The first-order chi connectivity index (χ1) is 14.7. The normalized spacial score (nSPS) is 20.0. The van der Waals surface area contributed by atoms with Gasteiger partial charge in [0.15, 0.2) is 0 Å². The molecule has 5 nitrogen and oxygen atoms in total. The van der Waals surface area contributed by atoms with Crippen LogP contribution in [0.25, 0.3) is 0 Å². The minimum atomic E-state index is -4.47. The number of piperazine rings is 1. The fourth-order valence-electron chi connectivity index (χ4n) is 4.27. The Kier molecular flexibility index (Phi) is 6.12. The Morgan fingerprint density at radius 2 is 1.90 bits per heavy atom. The van der Waals surface area contributed by atoms with Crippen LogP contribution in [0, 0.1) is 0 Å². The standard InChI is InChI=1S/C22H24ClF3N4O/c1-15-6-7-16-4-2-3-5-19(16)30(15)20(31)14-28-8-10-29(11-9-28)21-18(23)12-17(13-27-21)22(24,25)26/h2-5,12-13,15H,6-11,14H2,1H3. The number of halogens is 4. The molecule has 3 heterocycles. The second kappa shape index (κ2) is 8.67. The Morgan fingerprint density at radius 3 is 2.58 bits per heavy atom. The molecule has 1 saturated heterocycles. The summed E-state index contributed by atoms with van der Waals surface area (Å²) in [5.41, 5.74) is 1.33. The van der Waals surface area contributed by atoms with Gasteiger partial charge in [0.05, 0.1) is 17.1 Å². The Balaban J connectivity index is 1.38. The Hall–Kier alpha value is -2.32. The van der Waals surface area contributed by atoms with E-state index in [0.717, 1.165) is 30.8 Å². The number of alkyl halides is 3. The third-order valence-corrected chi connectivity index (χ3v) is 6.25. The molecule has 1 aromatic heterocycles. The molecule has 9 heteroatoms. The summed E-state index contributed by atoms with van der Waals surface area (Å²) in [6.07, 6.45) is -1.75. The van der Waals surface area contributed by atoms with E-state index in [1.165, 1.54) is 5.56 Å². The lowest BCUT2D eigenvalue weighted by Gasteiger charge is -2.39. The Bertz CT molecular complexity index is 960. The molecule has 166 valence electrons. The highest BCUT2D eigenvalue weighted by atomic mass is 35.5. The van der Waals surface area contributed by atoms with Crippen molar-refractivity contribution >= 4 is 29.0 Å². The number of pyridine rings is 1. The van der Waals surface area contributed by atoms with Gasteiger partial charge < -0.3 is 9.80 Å². The maximum Gasteiger partial charge on any atom is 0.417 e. The molecule has 1 aromatic carbocycles. The van der Waals surface area contributed by atoms with E-state index >= 15 is 0 Å². The van der Waals surface area contributed by atoms with Crippen molar-refractivity contribution in [2.24, 2.45) is 0 Å². The first-order valence-electron chi connectivity index (χ1n) is 10.3. The van der Waals surface area contributed by atoms with Gasteiger partial charge in [0.2, 0.25) is 5.91 Å². The first kappa shape index (κ1) is 21.9. The number of aryl methyl sites for hydroxylation is 1. The number of carbonyl (C=O) groups excluding carboxylic acids is 1. The van der Waals surface area contributed by atoms with Crippen molar-refractivity contribution in [2.45, 2.75) is 32.0 Å². The van der Waals surface area contributed by atoms with Crippen molar-refractivity contribution in [1.82, 2.24) is 9.88 Å². The zero-order chi connectivity index (χ0) is 22.2. The summed E-state index contributed by atoms with van der Waals surface area (Å²) in [6, 6.07) is 9.09. The van der Waals surface area contributed by atoms with E-state index in [-0.39, 0.29) is 17.0 Å². The Labute approximate surface area is 184 Å². The molecule has 1 atom stereocenters. The molecule has 0 radical (unpaired) electrons. The van der Waals surface area contributed by atoms with Crippen LogP contribution in [0.5, 0.6) is 0 Å². The maximum atomic E-state index is 13.1. The zero-order valence-corrected chi connectivity index (χ0v) is 18.0. The number of amides is 1. The molecule has 0 saturated carbocycles. The molecule has 1 unspecified atom stereocenters. The van der Waals surface area contributed by atoms with Crippen LogP contribution in [0.3, 0.4) is 0 Å². The molecule has 0 aliphatic carbocycles. The summed E-state index contributed by atoms with van der Waals surface area (Å²) in [5, 5.41) is -0.0156. The van der Waals surface area contributed by atoms with Crippen molar-refractivity contribution < 1.29 is 18.0 Å². The van der Waals surface area contributed by atoms with Crippen LogP contribution >= 0.6 is 11.6 Å². The van der Waals surface area contributed by atoms with Crippen LogP contribution in [0.4, 0.5) is 24.7 Å². The quantitative estimate of drug-likeness (QED) is 0.698. The molecule has 0 N–H and O–H groups in total. The van der Waals surface area contributed by atoms with Gasteiger partial charge >= 0.3 is 6.18 Å². The van der Waals surface area contributed by atoms with Gasteiger partial charge in [0.1, 0.15) is 5.82 Å². The van der Waals surface area contributed by atoms with E-state index in [1.807, 2.05) is 28.0 Å². The highest BCUT2D eigenvalue weighted by Gasteiger charge is 2.33. The number of anilines is 2. The van der Waals surface area contributed by atoms with E-state index in [1.54, 1.807) is 0 Å². The van der Waals surface area contributed by atoms with E-state index in [9.17, 15) is 18.0 Å². The molecule has 0 spiro atoms. The lowest BCUT2D eigenvalue weighted by Crippen LogP contribution is -2.52. The monoisotopic (exact) mass is 452 g/mol. The number of hydrogen-bond donors (Lipinski definition) is 0. The molecule has 2 aliphatic rings. The van der Waals surface area contributed by atoms with Gasteiger partial charge in [-0.15, -0.1) is 0 Å². The minimum absolute atomic E-state index is 0.0156. The molecule has 0 bridgehead atoms. The van der Waals surface area contributed by atoms with E-state index < -0.39 is 11.7 Å². The summed E-state index contributed by atoms with van der Waals surface area (Å²) >= 11 is 6.08. The predicted molar refractivity (Wildman–Crippen MR) is 115 cm³/mol. The van der Waals surface area contributed by atoms with Gasteiger partial charge in [0, 0.05) is 44.1 Å². The van der Waals surface area contributed by atoms with Crippen molar-refractivity contribution in [3.63, 3.8) is 0 Å². The zero-order valence-electron chi connectivity index (χ0n) is 17.2. The van der Waals surface area contributed by atoms with Crippen LogP contribution in [0.15, 0.2) is 36.5 Å². The summed E-state index contributed by atoms with van der Waals surface area (Å²) in [5.74, 6) is 0.415. The lowest BCUT2D eigenvalue weighted by atomic mass is 9.96. The molecule has 4 rings (SSSR count). The molecule has 2 aromatic rings. The third-order valence-electron chi connectivity index (χ3n) is 5.97. The number of rotatable bonds is 3. The van der Waals surface area contributed by atoms with Gasteiger partial charge in [-0.2, -0.15) is 13.2 Å². The van der Waals surface area contributed by atoms with Crippen LogP contribution in [0.2, 0.25) is 5.02 Å². The highest BCUT2D eigenvalue weighted by Crippen LogP contribution is 2.34. The fraction of sp³-hybridized carbons (Fsp3) is 0.455. The van der Waals surface area contributed by atoms with E-state index in [2.05, 4.69) is 22.9 Å². The summed E-state index contributed by atoms with van der Waals surface area (Å²) < 4.78 is 38.5. The second-order valence-corrected chi connectivity index (χ2v) is 8.48. The van der Waals surface area contributed by atoms with E-state index in [0.29, 0.717) is 38.5 Å². The lowest BCUT2D eigenvalue weighted by molar-refractivity contribution is -0.137. The molecule has 31 heavy (non-hydrogen) atoms. The van der Waals surface area contributed by atoms with Gasteiger partial charge in [-0.25, -0.2) is 4.98 Å². The van der Waals surface area contributed by atoms with Crippen molar-refractivity contribution in [3.8, 4) is 0 Å². The third kappa shape index (κ3) is 4.65. The minimum Gasteiger partial charge on any atom is -0.353 e. The van der Waals surface area contributed by atoms with Gasteiger partial charge in [-0.05, 0) is 37.5 Å². The van der Waals surface area contributed by atoms with Gasteiger partial charge in [-0.1, -0.05) is 29.8 Å². The SMILES string of the molecule is CC1CCc2ccccc2N1C(=O)CN1CCN(c2ncc(C(F)(F)F)cc2Cl)CC1. The fourth-order valence-corrected chi connectivity index (χ4v) is 4.56. The molecule has 2 aliphatic heterocycles. The second-order valence-electron chi connectivity index (χ2n) is 8.07. The number of fused-ring (bicyclic) bond motifs is 1. The number of hydrogen-bond acceptors (Lipinski definition) is 4. The average Bonchev–Trinajstić information content (AvgIpc) is 2.73. The smallest absolute Gasteiger partial charge is 0.353 e. The average molecular weight is 453 g/mol. The number of aromatic nitrogens is 1. The van der Waals surface area contributed by atoms with Gasteiger partial charge in [-0.3, -0.25) is 9.69 Å². The molecule has 1 fully saturated rings. The number of carbonyl (C=O) groups is 1. The Morgan fingerprint density at radius 1 is 1.19 bits per heavy atom. The predicted octanol–water partition coefficient (Wildman–Crippen LogP) is 4.24. The highest BCUT2D eigenvalue weighted by molar-refractivity contribution is 6.33.